The molecule has 1 atom stereocenters. The average molecular weight is 347 g/mol. The molecule has 1 aromatic carbocycles. The van der Waals surface area contributed by atoms with E-state index in [1.165, 1.54) is 6.26 Å². The van der Waals surface area contributed by atoms with Gasteiger partial charge in [-0.3, -0.25) is 4.79 Å². The van der Waals surface area contributed by atoms with Gasteiger partial charge in [0.1, 0.15) is 6.04 Å². The van der Waals surface area contributed by atoms with Gasteiger partial charge < -0.3 is 19.5 Å². The van der Waals surface area contributed by atoms with E-state index in [-0.39, 0.29) is 17.7 Å². The molecule has 8 heteroatoms. The number of aryl methyl sites for hydroxylation is 1. The highest BCUT2D eigenvalue weighted by atomic mass is 35.5. The van der Waals surface area contributed by atoms with Gasteiger partial charge in [-0.05, 0) is 37.3 Å². The molecule has 2 aromatic heterocycles. The molecule has 0 radical (unpaired) electrons. The molecule has 0 saturated heterocycles. The number of amides is 1. The van der Waals surface area contributed by atoms with Crippen molar-refractivity contribution in [1.29, 1.82) is 0 Å². The van der Waals surface area contributed by atoms with Crippen molar-refractivity contribution >= 4 is 28.9 Å². The lowest BCUT2D eigenvalue weighted by atomic mass is 10.2. The van der Waals surface area contributed by atoms with Crippen molar-refractivity contribution in [3.8, 4) is 0 Å². The number of nitrogens with zero attached hydrogens (tertiary/aromatic N) is 2. The number of nitrogens with one attached hydrogen (secondary N) is 2. The van der Waals surface area contributed by atoms with Gasteiger partial charge in [0.25, 0.3) is 5.91 Å². The molecule has 0 aliphatic carbocycles. The molecule has 2 N–H and O–H groups in total. The van der Waals surface area contributed by atoms with Crippen molar-refractivity contribution in [3.05, 3.63) is 59.2 Å². The van der Waals surface area contributed by atoms with Crippen LogP contribution in [0, 0.1) is 6.92 Å². The van der Waals surface area contributed by atoms with Crippen LogP contribution >= 0.6 is 11.6 Å². The second-order valence-corrected chi connectivity index (χ2v) is 5.56. The predicted molar refractivity (Wildman–Crippen MR) is 89.2 cm³/mol. The van der Waals surface area contributed by atoms with Crippen LogP contribution in [0.3, 0.4) is 0 Å². The van der Waals surface area contributed by atoms with Gasteiger partial charge in [-0.2, -0.15) is 0 Å². The second kappa shape index (κ2) is 6.76. The van der Waals surface area contributed by atoms with E-state index in [4.69, 9.17) is 20.4 Å². The Morgan fingerprint density at radius 2 is 2.12 bits per heavy atom. The molecule has 124 valence electrons. The maximum Gasteiger partial charge on any atom is 0.291 e. The first-order chi connectivity index (χ1) is 11.5. The van der Waals surface area contributed by atoms with Crippen molar-refractivity contribution < 1.29 is 13.6 Å². The van der Waals surface area contributed by atoms with Crippen molar-refractivity contribution in [2.45, 2.75) is 19.9 Å². The minimum Gasteiger partial charge on any atom is -0.459 e. The van der Waals surface area contributed by atoms with Crippen LogP contribution in [-0.2, 0) is 0 Å². The monoisotopic (exact) mass is 346 g/mol. The molecular formula is C16H15ClN4O3. The number of carbonyl (C=O) groups is 1. The van der Waals surface area contributed by atoms with E-state index < -0.39 is 0 Å². The fourth-order valence-electron chi connectivity index (χ4n) is 2.10. The number of furan rings is 1. The van der Waals surface area contributed by atoms with Crippen LogP contribution in [-0.4, -0.2) is 16.1 Å². The molecule has 0 aliphatic heterocycles. The summed E-state index contributed by atoms with van der Waals surface area (Å²) in [6.07, 6.45) is 1.43. The number of hydrogen-bond acceptors (Lipinski definition) is 6. The van der Waals surface area contributed by atoms with Gasteiger partial charge in [0.2, 0.25) is 11.8 Å². The summed E-state index contributed by atoms with van der Waals surface area (Å²) in [5, 5.41) is 14.1. The fraction of sp³-hybridized carbons (Fsp3) is 0.188. The highest BCUT2D eigenvalue weighted by molar-refractivity contribution is 6.34. The average Bonchev–Trinajstić information content (AvgIpc) is 3.21. The van der Waals surface area contributed by atoms with E-state index in [1.807, 2.05) is 6.92 Å². The van der Waals surface area contributed by atoms with Gasteiger partial charge in [-0.15, -0.1) is 10.2 Å². The Labute approximate surface area is 143 Å². The molecule has 3 aromatic rings. The van der Waals surface area contributed by atoms with Gasteiger partial charge in [-0.1, -0.05) is 11.6 Å². The summed E-state index contributed by atoms with van der Waals surface area (Å²) >= 11 is 6.23. The Morgan fingerprint density at radius 1 is 1.29 bits per heavy atom. The Kier molecular flexibility index (Phi) is 4.52. The maximum atomic E-state index is 12.0. The van der Waals surface area contributed by atoms with E-state index in [0.717, 1.165) is 5.69 Å². The van der Waals surface area contributed by atoms with Crippen LogP contribution in [0.5, 0.6) is 0 Å². The van der Waals surface area contributed by atoms with Crippen molar-refractivity contribution in [2.24, 2.45) is 0 Å². The number of aromatic nitrogens is 2. The molecule has 2 heterocycles. The van der Waals surface area contributed by atoms with Gasteiger partial charge in [0, 0.05) is 12.6 Å². The van der Waals surface area contributed by atoms with Crippen molar-refractivity contribution in [1.82, 2.24) is 10.2 Å². The highest BCUT2D eigenvalue weighted by Crippen LogP contribution is 2.28. The molecule has 0 saturated carbocycles. The molecule has 24 heavy (non-hydrogen) atoms. The van der Waals surface area contributed by atoms with Crippen LogP contribution < -0.4 is 10.6 Å². The minimum absolute atomic E-state index is 0.175. The zero-order chi connectivity index (χ0) is 17.1. The van der Waals surface area contributed by atoms with Crippen LogP contribution in [0.2, 0.25) is 5.02 Å². The SMILES string of the molecule is Cc1nnc([C@H](C)Nc2ccc(NC(=O)c3ccco3)c(Cl)c2)o1. The predicted octanol–water partition coefficient (Wildman–Crippen LogP) is 4.05. The molecule has 0 bridgehead atoms. The van der Waals surface area contributed by atoms with Crippen LogP contribution in [0.15, 0.2) is 45.4 Å². The van der Waals surface area contributed by atoms with Gasteiger partial charge in [-0.25, -0.2) is 0 Å². The second-order valence-electron chi connectivity index (χ2n) is 5.15. The first-order valence-electron chi connectivity index (χ1n) is 7.24. The van der Waals surface area contributed by atoms with Crippen LogP contribution in [0.25, 0.3) is 0 Å². The molecule has 0 aliphatic rings. The zero-order valence-corrected chi connectivity index (χ0v) is 13.8. The summed E-state index contributed by atoms with van der Waals surface area (Å²) in [6, 6.07) is 8.25. The summed E-state index contributed by atoms with van der Waals surface area (Å²) in [5.41, 5.74) is 1.25. The third kappa shape index (κ3) is 3.57. The minimum atomic E-state index is -0.364. The van der Waals surface area contributed by atoms with Gasteiger partial charge >= 0.3 is 0 Å². The standard InChI is InChI=1S/C16H15ClN4O3/c1-9(16-21-20-10(2)24-16)18-11-5-6-13(12(17)8-11)19-15(22)14-4-3-7-23-14/h3-9,18H,1-2H3,(H,19,22)/t9-/m0/s1. The van der Waals surface area contributed by atoms with E-state index >= 15 is 0 Å². The summed E-state index contributed by atoms with van der Waals surface area (Å²) in [6.45, 7) is 3.63. The Hall–Kier alpha value is -2.80. The summed E-state index contributed by atoms with van der Waals surface area (Å²) < 4.78 is 10.4. The molecule has 0 fully saturated rings. The van der Waals surface area contributed by atoms with E-state index in [1.54, 1.807) is 37.3 Å². The topological polar surface area (TPSA) is 93.2 Å². The van der Waals surface area contributed by atoms with E-state index in [2.05, 4.69) is 20.8 Å². The lowest BCUT2D eigenvalue weighted by Crippen LogP contribution is -2.11. The highest BCUT2D eigenvalue weighted by Gasteiger charge is 2.14. The molecule has 7 nitrogen and oxygen atoms in total. The van der Waals surface area contributed by atoms with Crippen LogP contribution in [0.1, 0.15) is 35.3 Å². The molecule has 0 spiro atoms. The molecule has 3 rings (SSSR count). The number of rotatable bonds is 5. The summed E-state index contributed by atoms with van der Waals surface area (Å²) in [4.78, 5) is 12.0. The van der Waals surface area contributed by atoms with E-state index in [0.29, 0.717) is 22.5 Å². The quantitative estimate of drug-likeness (QED) is 0.724. The zero-order valence-electron chi connectivity index (χ0n) is 13.0. The van der Waals surface area contributed by atoms with E-state index in [9.17, 15) is 4.79 Å². The Bertz CT molecular complexity index is 845. The number of anilines is 2. The fourth-order valence-corrected chi connectivity index (χ4v) is 2.32. The lowest BCUT2D eigenvalue weighted by molar-refractivity contribution is 0.0996. The molecule has 0 unspecified atom stereocenters. The molecule has 1 amide bonds. The summed E-state index contributed by atoms with van der Waals surface area (Å²) in [7, 11) is 0. The maximum absolute atomic E-state index is 12.0. The lowest BCUT2D eigenvalue weighted by Gasteiger charge is -2.13. The number of carbonyl (C=O) groups excluding carboxylic acids is 1. The van der Waals surface area contributed by atoms with Crippen LogP contribution in [0.4, 0.5) is 11.4 Å². The molecular weight excluding hydrogens is 332 g/mol. The number of benzene rings is 1. The first kappa shape index (κ1) is 16.1. The van der Waals surface area contributed by atoms with Gasteiger partial charge in [0.15, 0.2) is 5.76 Å². The number of halogens is 1. The normalized spacial score (nSPS) is 12.0. The Balaban J connectivity index is 1.69. The summed E-state index contributed by atoms with van der Waals surface area (Å²) in [5.74, 6) is 0.845. The third-order valence-electron chi connectivity index (χ3n) is 3.26. The third-order valence-corrected chi connectivity index (χ3v) is 3.57. The number of hydrogen-bond donors (Lipinski definition) is 2. The van der Waals surface area contributed by atoms with Crippen molar-refractivity contribution in [3.63, 3.8) is 0 Å². The Morgan fingerprint density at radius 3 is 2.75 bits per heavy atom. The van der Waals surface area contributed by atoms with Gasteiger partial charge in [0.05, 0.1) is 17.0 Å². The smallest absolute Gasteiger partial charge is 0.291 e. The largest absolute Gasteiger partial charge is 0.459 e. The van der Waals surface area contributed by atoms with Crippen molar-refractivity contribution in [2.75, 3.05) is 10.6 Å². The first-order valence-corrected chi connectivity index (χ1v) is 7.61.